The predicted molar refractivity (Wildman–Crippen MR) is 168 cm³/mol. The Balaban J connectivity index is 1.36. The van der Waals surface area contributed by atoms with Crippen molar-refractivity contribution in [2.75, 3.05) is 0 Å². The average molecular weight is 536 g/mol. The Bertz CT molecular complexity index is 2430. The van der Waals surface area contributed by atoms with Crippen LogP contribution in [0.4, 0.5) is 0 Å². The fourth-order valence-corrected chi connectivity index (χ4v) is 6.12. The van der Waals surface area contributed by atoms with Gasteiger partial charge < -0.3 is 8.98 Å². The van der Waals surface area contributed by atoms with Crippen molar-refractivity contribution in [2.24, 2.45) is 0 Å². The lowest BCUT2D eigenvalue weighted by atomic mass is 9.98. The summed E-state index contributed by atoms with van der Waals surface area (Å²) in [4.78, 5) is 0. The number of nitrogens with zero attached hydrogens (tertiary/aromatic N) is 3. The van der Waals surface area contributed by atoms with Crippen LogP contribution >= 0.6 is 0 Å². The van der Waals surface area contributed by atoms with Gasteiger partial charge in [-0.2, -0.15) is 10.5 Å². The second-order valence-electron chi connectivity index (χ2n) is 10.4. The quantitative estimate of drug-likeness (QED) is 0.226. The molecule has 6 aromatic carbocycles. The van der Waals surface area contributed by atoms with E-state index in [1.807, 2.05) is 78.9 Å². The molecular weight excluding hydrogens is 514 g/mol. The first-order chi connectivity index (χ1) is 20.7. The van der Waals surface area contributed by atoms with Crippen molar-refractivity contribution >= 4 is 43.7 Å². The first kappa shape index (κ1) is 23.8. The topological polar surface area (TPSA) is 65.7 Å². The molecule has 8 rings (SSSR count). The zero-order valence-electron chi connectivity index (χ0n) is 22.4. The molecule has 0 saturated carbocycles. The molecule has 8 aromatic rings. The van der Waals surface area contributed by atoms with Gasteiger partial charge in [0, 0.05) is 32.8 Å². The zero-order chi connectivity index (χ0) is 28.2. The number of benzene rings is 6. The number of aromatic nitrogens is 1. The van der Waals surface area contributed by atoms with Gasteiger partial charge in [-0.25, -0.2) is 0 Å². The molecule has 0 unspecified atom stereocenters. The minimum Gasteiger partial charge on any atom is -0.455 e. The van der Waals surface area contributed by atoms with Gasteiger partial charge in [-0.15, -0.1) is 0 Å². The number of hydrogen-bond donors (Lipinski definition) is 0. The summed E-state index contributed by atoms with van der Waals surface area (Å²) in [7, 11) is 0. The third-order valence-electron chi connectivity index (χ3n) is 8.02. The van der Waals surface area contributed by atoms with Crippen molar-refractivity contribution in [3.8, 4) is 40.1 Å². The molecule has 0 aliphatic carbocycles. The maximum absolute atomic E-state index is 10.1. The highest BCUT2D eigenvalue weighted by molar-refractivity contribution is 6.11. The molecule has 0 fully saturated rings. The van der Waals surface area contributed by atoms with Crippen LogP contribution in [0.1, 0.15) is 11.1 Å². The third kappa shape index (κ3) is 3.60. The minimum atomic E-state index is 0.557. The van der Waals surface area contributed by atoms with E-state index >= 15 is 0 Å². The summed E-state index contributed by atoms with van der Waals surface area (Å²) in [6.07, 6.45) is 0. The Kier molecular flexibility index (Phi) is 5.22. The Morgan fingerprint density at radius 1 is 0.500 bits per heavy atom. The van der Waals surface area contributed by atoms with Gasteiger partial charge in [-0.1, -0.05) is 72.8 Å². The van der Waals surface area contributed by atoms with E-state index < -0.39 is 0 Å². The molecule has 2 heterocycles. The Morgan fingerprint density at radius 2 is 1.29 bits per heavy atom. The number of hydrogen-bond acceptors (Lipinski definition) is 3. The van der Waals surface area contributed by atoms with E-state index in [4.69, 9.17) is 4.42 Å². The van der Waals surface area contributed by atoms with Crippen LogP contribution in [0.3, 0.4) is 0 Å². The van der Waals surface area contributed by atoms with Crippen molar-refractivity contribution in [1.29, 1.82) is 10.5 Å². The monoisotopic (exact) mass is 535 g/mol. The van der Waals surface area contributed by atoms with E-state index in [2.05, 4.69) is 65.2 Å². The SMILES string of the molecule is N#Cc1cc(-c2cccc3c2oc2ccc(-c4ccccc4)cc23)cc(-n2c3ccccc3c3cc(C#N)ccc32)c1. The number of nitriles is 2. The first-order valence-corrected chi connectivity index (χ1v) is 13.7. The van der Waals surface area contributed by atoms with Crippen LogP contribution in [0.25, 0.3) is 71.7 Å². The van der Waals surface area contributed by atoms with Crippen LogP contribution in [0, 0.1) is 22.7 Å². The third-order valence-corrected chi connectivity index (χ3v) is 8.02. The summed E-state index contributed by atoms with van der Waals surface area (Å²) in [5.74, 6) is 0. The Labute approximate surface area is 241 Å². The van der Waals surface area contributed by atoms with Gasteiger partial charge in [0.1, 0.15) is 11.2 Å². The highest BCUT2D eigenvalue weighted by Gasteiger charge is 2.17. The van der Waals surface area contributed by atoms with Crippen LogP contribution in [-0.4, -0.2) is 4.57 Å². The molecule has 0 saturated heterocycles. The molecule has 0 N–H and O–H groups in total. The summed E-state index contributed by atoms with van der Waals surface area (Å²) >= 11 is 0. The molecule has 0 spiro atoms. The number of rotatable bonds is 3. The van der Waals surface area contributed by atoms with E-state index in [0.29, 0.717) is 11.1 Å². The van der Waals surface area contributed by atoms with Gasteiger partial charge in [0.15, 0.2) is 0 Å². The van der Waals surface area contributed by atoms with Crippen LogP contribution in [0.5, 0.6) is 0 Å². The molecular formula is C38H21N3O. The summed E-state index contributed by atoms with van der Waals surface area (Å²) in [5, 5.41) is 23.8. The molecule has 0 atom stereocenters. The normalized spacial score (nSPS) is 11.3. The van der Waals surface area contributed by atoms with Crippen molar-refractivity contribution in [1.82, 2.24) is 4.57 Å². The van der Waals surface area contributed by atoms with E-state index in [-0.39, 0.29) is 0 Å². The summed E-state index contributed by atoms with van der Waals surface area (Å²) in [6, 6.07) is 47.3. The smallest absolute Gasteiger partial charge is 0.143 e. The summed E-state index contributed by atoms with van der Waals surface area (Å²) < 4.78 is 8.65. The van der Waals surface area contributed by atoms with Crippen molar-refractivity contribution in [2.45, 2.75) is 0 Å². The van der Waals surface area contributed by atoms with E-state index in [1.165, 1.54) is 0 Å². The van der Waals surface area contributed by atoms with Gasteiger partial charge in [-0.05, 0) is 71.3 Å². The van der Waals surface area contributed by atoms with Gasteiger partial charge >= 0.3 is 0 Å². The van der Waals surface area contributed by atoms with E-state index in [1.54, 1.807) is 0 Å². The molecule has 0 amide bonds. The average Bonchev–Trinajstić information content (AvgIpc) is 3.60. The van der Waals surface area contributed by atoms with Crippen LogP contribution in [0.15, 0.2) is 132 Å². The molecule has 0 bridgehead atoms. The lowest BCUT2D eigenvalue weighted by Gasteiger charge is -2.12. The second-order valence-corrected chi connectivity index (χ2v) is 10.4. The zero-order valence-corrected chi connectivity index (χ0v) is 22.4. The molecule has 42 heavy (non-hydrogen) atoms. The molecule has 4 nitrogen and oxygen atoms in total. The van der Waals surface area contributed by atoms with Gasteiger partial charge in [0.25, 0.3) is 0 Å². The maximum Gasteiger partial charge on any atom is 0.143 e. The number of para-hydroxylation sites is 2. The molecule has 0 aliphatic rings. The lowest BCUT2D eigenvalue weighted by molar-refractivity contribution is 0.670. The Hall–Kier alpha value is -6.10. The fourth-order valence-electron chi connectivity index (χ4n) is 6.12. The van der Waals surface area contributed by atoms with Crippen molar-refractivity contribution in [3.05, 3.63) is 139 Å². The van der Waals surface area contributed by atoms with E-state index in [0.717, 1.165) is 71.7 Å². The highest BCUT2D eigenvalue weighted by Crippen LogP contribution is 2.39. The van der Waals surface area contributed by atoms with Gasteiger partial charge in [0.2, 0.25) is 0 Å². The molecule has 0 radical (unpaired) electrons. The minimum absolute atomic E-state index is 0.557. The Morgan fingerprint density at radius 3 is 2.14 bits per heavy atom. The fraction of sp³-hybridized carbons (Fsp3) is 0. The van der Waals surface area contributed by atoms with Crippen LogP contribution < -0.4 is 0 Å². The molecule has 194 valence electrons. The maximum atomic E-state index is 10.1. The lowest BCUT2D eigenvalue weighted by Crippen LogP contribution is -1.96. The second kappa shape index (κ2) is 9.24. The van der Waals surface area contributed by atoms with Gasteiger partial charge in [-0.3, -0.25) is 0 Å². The predicted octanol–water partition coefficient (Wildman–Crippen LogP) is 9.76. The van der Waals surface area contributed by atoms with E-state index in [9.17, 15) is 10.5 Å². The number of fused-ring (bicyclic) bond motifs is 6. The summed E-state index contributed by atoms with van der Waals surface area (Å²) in [5.41, 5.74) is 9.77. The highest BCUT2D eigenvalue weighted by atomic mass is 16.3. The van der Waals surface area contributed by atoms with Crippen molar-refractivity contribution in [3.63, 3.8) is 0 Å². The largest absolute Gasteiger partial charge is 0.455 e. The van der Waals surface area contributed by atoms with Crippen LogP contribution in [-0.2, 0) is 0 Å². The first-order valence-electron chi connectivity index (χ1n) is 13.7. The molecule has 0 aliphatic heterocycles. The van der Waals surface area contributed by atoms with Crippen molar-refractivity contribution < 1.29 is 4.42 Å². The molecule has 2 aromatic heterocycles. The van der Waals surface area contributed by atoms with Gasteiger partial charge in [0.05, 0.1) is 34.3 Å². The molecule has 4 heteroatoms. The number of furan rings is 1. The standard InChI is InChI=1S/C38H21N3O/c39-22-24-13-15-36-33(19-24)31-9-4-5-12-35(31)41(36)29-18-25(23-40)17-28(20-29)30-10-6-11-32-34-21-27(26-7-2-1-3-8-26)14-16-37(34)42-38(30)32/h1-21H. The van der Waals surface area contributed by atoms with Crippen LogP contribution in [0.2, 0.25) is 0 Å². The summed E-state index contributed by atoms with van der Waals surface area (Å²) in [6.45, 7) is 0.